The fraction of sp³-hybridized carbons (Fsp3) is 0.250. The molecule has 0 amide bonds. The van der Waals surface area contributed by atoms with Crippen LogP contribution in [0.3, 0.4) is 0 Å². The third kappa shape index (κ3) is 2.39. The van der Waals surface area contributed by atoms with Crippen LogP contribution < -0.4 is 0 Å². The maximum atomic E-state index is 12.9. The van der Waals surface area contributed by atoms with Gasteiger partial charge in [0.25, 0.3) is 0 Å². The minimum Gasteiger partial charge on any atom is -0.462 e. The van der Waals surface area contributed by atoms with Gasteiger partial charge in [-0.15, -0.1) is 0 Å². The number of halogens is 2. The van der Waals surface area contributed by atoms with E-state index in [1.54, 1.807) is 6.92 Å². The lowest BCUT2D eigenvalue weighted by molar-refractivity contribution is 0.0521. The van der Waals surface area contributed by atoms with Crippen molar-refractivity contribution >= 4 is 17.6 Å². The van der Waals surface area contributed by atoms with Crippen molar-refractivity contribution in [3.05, 3.63) is 28.8 Å². The Morgan fingerprint density at radius 1 is 1.77 bits per heavy atom. The Morgan fingerprint density at radius 2 is 2.46 bits per heavy atom. The van der Waals surface area contributed by atoms with E-state index in [2.05, 4.69) is 9.72 Å². The van der Waals surface area contributed by atoms with Gasteiger partial charge in [-0.2, -0.15) is 0 Å². The Balaban J connectivity index is 2.99. The van der Waals surface area contributed by atoms with Crippen LogP contribution in [-0.4, -0.2) is 17.6 Å². The summed E-state index contributed by atoms with van der Waals surface area (Å²) in [6.45, 7) is 1.83. The number of hydrogen-bond donors (Lipinski definition) is 0. The fourth-order valence-corrected chi connectivity index (χ4v) is 0.936. The number of carbonyl (C=O) groups is 1. The molecule has 0 atom stereocenters. The monoisotopic (exact) mass is 203 g/mol. The molecule has 0 aliphatic heterocycles. The minimum atomic E-state index is -0.733. The summed E-state index contributed by atoms with van der Waals surface area (Å²) >= 11 is 5.48. The molecule has 1 heterocycles. The molecule has 1 aromatic heterocycles. The first-order chi connectivity index (χ1) is 6.15. The predicted octanol–water partition coefficient (Wildman–Crippen LogP) is 2.05. The Hall–Kier alpha value is -1.16. The summed E-state index contributed by atoms with van der Waals surface area (Å²) in [6.07, 6.45) is 0.884. The maximum Gasteiger partial charge on any atom is 0.341 e. The zero-order valence-corrected chi connectivity index (χ0v) is 7.64. The molecule has 0 N–H and O–H groups in total. The van der Waals surface area contributed by atoms with Crippen LogP contribution in [0.25, 0.3) is 0 Å². The highest BCUT2D eigenvalue weighted by molar-refractivity contribution is 6.29. The fourth-order valence-electron chi connectivity index (χ4n) is 0.778. The van der Waals surface area contributed by atoms with E-state index in [9.17, 15) is 9.18 Å². The molecule has 0 saturated heterocycles. The molecule has 0 aliphatic carbocycles. The summed E-state index contributed by atoms with van der Waals surface area (Å²) in [5.41, 5.74) is -0.193. The number of hydrogen-bond acceptors (Lipinski definition) is 3. The summed E-state index contributed by atoms with van der Waals surface area (Å²) in [5.74, 6) is -1.47. The van der Waals surface area contributed by atoms with E-state index >= 15 is 0 Å². The quantitative estimate of drug-likeness (QED) is 0.546. The lowest BCUT2D eigenvalue weighted by atomic mass is 10.2. The largest absolute Gasteiger partial charge is 0.462 e. The summed E-state index contributed by atoms with van der Waals surface area (Å²) in [4.78, 5) is 14.5. The normalized spacial score (nSPS) is 9.77. The van der Waals surface area contributed by atoms with Crippen molar-refractivity contribution in [2.45, 2.75) is 6.92 Å². The van der Waals surface area contributed by atoms with Gasteiger partial charge in [-0.1, -0.05) is 11.6 Å². The smallest absolute Gasteiger partial charge is 0.341 e. The van der Waals surface area contributed by atoms with E-state index in [-0.39, 0.29) is 17.3 Å². The molecule has 13 heavy (non-hydrogen) atoms. The number of rotatable bonds is 2. The number of pyridine rings is 1. The third-order valence-corrected chi connectivity index (χ3v) is 1.52. The molecular formula is C8H7ClFNO2. The van der Waals surface area contributed by atoms with Gasteiger partial charge < -0.3 is 4.74 Å². The van der Waals surface area contributed by atoms with Crippen LogP contribution in [0.2, 0.25) is 5.15 Å². The number of carbonyl (C=O) groups excluding carboxylic acids is 1. The van der Waals surface area contributed by atoms with Crippen LogP contribution in [0.4, 0.5) is 4.39 Å². The van der Waals surface area contributed by atoms with Crippen molar-refractivity contribution in [3.8, 4) is 0 Å². The van der Waals surface area contributed by atoms with Crippen molar-refractivity contribution in [2.75, 3.05) is 6.61 Å². The van der Waals surface area contributed by atoms with Gasteiger partial charge in [-0.05, 0) is 13.0 Å². The van der Waals surface area contributed by atoms with Gasteiger partial charge in [0.1, 0.15) is 5.15 Å². The average Bonchev–Trinajstić information content (AvgIpc) is 2.09. The summed E-state index contributed by atoms with van der Waals surface area (Å²) in [6, 6.07) is 1.13. The number of nitrogens with zero attached hydrogens (tertiary/aromatic N) is 1. The molecule has 0 spiro atoms. The summed E-state index contributed by atoms with van der Waals surface area (Å²) in [7, 11) is 0. The highest BCUT2D eigenvalue weighted by atomic mass is 35.5. The third-order valence-electron chi connectivity index (χ3n) is 1.32. The molecule has 0 unspecified atom stereocenters. The van der Waals surface area contributed by atoms with Crippen LogP contribution >= 0.6 is 11.6 Å². The van der Waals surface area contributed by atoms with E-state index in [4.69, 9.17) is 11.6 Å². The van der Waals surface area contributed by atoms with E-state index in [1.165, 1.54) is 0 Å². The summed E-state index contributed by atoms with van der Waals surface area (Å²) in [5, 5.41) is 0.0597. The predicted molar refractivity (Wildman–Crippen MR) is 45.2 cm³/mol. The first kappa shape index (κ1) is 9.92. The van der Waals surface area contributed by atoms with E-state index in [0.29, 0.717) is 0 Å². The van der Waals surface area contributed by atoms with Gasteiger partial charge in [0, 0.05) is 0 Å². The molecule has 1 rings (SSSR count). The number of esters is 1. The second-order valence-corrected chi connectivity index (χ2v) is 2.59. The van der Waals surface area contributed by atoms with Crippen LogP contribution in [0.1, 0.15) is 17.3 Å². The van der Waals surface area contributed by atoms with Crippen LogP contribution in [0, 0.1) is 5.82 Å². The zero-order chi connectivity index (χ0) is 9.84. The van der Waals surface area contributed by atoms with Crippen molar-refractivity contribution in [3.63, 3.8) is 0 Å². The Bertz CT molecular complexity index is 330. The Kier molecular flexibility index (Phi) is 3.19. The lowest BCUT2D eigenvalue weighted by Gasteiger charge is -2.02. The topological polar surface area (TPSA) is 39.2 Å². The van der Waals surface area contributed by atoms with Crippen molar-refractivity contribution < 1.29 is 13.9 Å². The van der Waals surface area contributed by atoms with Gasteiger partial charge in [-0.25, -0.2) is 14.2 Å². The molecule has 5 heteroatoms. The van der Waals surface area contributed by atoms with E-state index < -0.39 is 11.8 Å². The first-order valence-electron chi connectivity index (χ1n) is 3.63. The highest BCUT2D eigenvalue weighted by Crippen LogP contribution is 2.12. The molecule has 1 aromatic rings. The first-order valence-corrected chi connectivity index (χ1v) is 4.01. The van der Waals surface area contributed by atoms with Gasteiger partial charge in [0.2, 0.25) is 0 Å². The van der Waals surface area contributed by atoms with Crippen LogP contribution in [0.15, 0.2) is 12.3 Å². The molecule has 0 saturated carbocycles. The number of aromatic nitrogens is 1. The molecule has 70 valence electrons. The SMILES string of the molecule is CCOC(=O)c1cc(Cl)ncc1F. The highest BCUT2D eigenvalue weighted by Gasteiger charge is 2.13. The Labute approximate surface area is 79.5 Å². The number of ether oxygens (including phenoxy) is 1. The maximum absolute atomic E-state index is 12.9. The molecule has 0 radical (unpaired) electrons. The van der Waals surface area contributed by atoms with Crippen LogP contribution in [0.5, 0.6) is 0 Å². The van der Waals surface area contributed by atoms with E-state index in [1.807, 2.05) is 0 Å². The average molecular weight is 204 g/mol. The van der Waals surface area contributed by atoms with Gasteiger partial charge >= 0.3 is 5.97 Å². The standard InChI is InChI=1S/C8H7ClFNO2/c1-2-13-8(12)5-3-7(9)11-4-6(5)10/h3-4H,2H2,1H3. The second-order valence-electron chi connectivity index (χ2n) is 2.21. The minimum absolute atomic E-state index is 0.0597. The molecule has 3 nitrogen and oxygen atoms in total. The molecule has 0 bridgehead atoms. The van der Waals surface area contributed by atoms with Crippen LogP contribution in [-0.2, 0) is 4.74 Å². The second kappa shape index (κ2) is 4.18. The zero-order valence-electron chi connectivity index (χ0n) is 6.88. The van der Waals surface area contributed by atoms with Gasteiger partial charge in [-0.3, -0.25) is 0 Å². The summed E-state index contributed by atoms with van der Waals surface area (Å²) < 4.78 is 17.5. The van der Waals surface area contributed by atoms with Crippen molar-refractivity contribution in [2.24, 2.45) is 0 Å². The van der Waals surface area contributed by atoms with Gasteiger partial charge in [0.15, 0.2) is 5.82 Å². The lowest BCUT2D eigenvalue weighted by Crippen LogP contribution is -2.07. The molecule has 0 aliphatic rings. The molecular weight excluding hydrogens is 197 g/mol. The van der Waals surface area contributed by atoms with Crippen molar-refractivity contribution in [1.82, 2.24) is 4.98 Å². The Morgan fingerprint density at radius 3 is 3.08 bits per heavy atom. The molecule has 0 fully saturated rings. The van der Waals surface area contributed by atoms with Gasteiger partial charge in [0.05, 0.1) is 18.4 Å². The van der Waals surface area contributed by atoms with E-state index in [0.717, 1.165) is 12.3 Å². The molecule has 0 aromatic carbocycles. The van der Waals surface area contributed by atoms with Crippen molar-refractivity contribution in [1.29, 1.82) is 0 Å².